The maximum atomic E-state index is 11.8. The lowest BCUT2D eigenvalue weighted by Crippen LogP contribution is -2.48. The molecule has 16 heavy (non-hydrogen) atoms. The SMILES string of the molecule is C[C@@H](Nc1cc(Br)ncn1)C(=O)N1CCC1. The van der Waals surface area contributed by atoms with E-state index in [4.69, 9.17) is 0 Å². The number of halogens is 1. The smallest absolute Gasteiger partial charge is 0.244 e. The first-order valence-corrected chi connectivity index (χ1v) is 5.99. The second-order valence-corrected chi connectivity index (χ2v) is 4.58. The third kappa shape index (κ3) is 2.49. The Kier molecular flexibility index (Phi) is 3.38. The van der Waals surface area contributed by atoms with E-state index in [1.165, 1.54) is 6.33 Å². The standard InChI is InChI=1S/C10H13BrN4O/c1-7(10(16)15-3-2-4-15)14-9-5-8(11)12-6-13-9/h5-7H,2-4H2,1H3,(H,12,13,14)/t7-/m1/s1. The number of nitrogens with zero attached hydrogens (tertiary/aromatic N) is 3. The molecule has 0 bridgehead atoms. The zero-order chi connectivity index (χ0) is 11.5. The van der Waals surface area contributed by atoms with Crippen LogP contribution in [-0.2, 0) is 4.79 Å². The summed E-state index contributed by atoms with van der Waals surface area (Å²) >= 11 is 3.26. The maximum absolute atomic E-state index is 11.8. The number of amides is 1. The number of hydrogen-bond acceptors (Lipinski definition) is 4. The number of carbonyl (C=O) groups is 1. The fourth-order valence-corrected chi connectivity index (χ4v) is 1.81. The van der Waals surface area contributed by atoms with Crippen molar-refractivity contribution in [3.63, 3.8) is 0 Å². The Labute approximate surface area is 102 Å². The highest BCUT2D eigenvalue weighted by Gasteiger charge is 2.24. The lowest BCUT2D eigenvalue weighted by atomic mass is 10.2. The van der Waals surface area contributed by atoms with Gasteiger partial charge in [-0.3, -0.25) is 4.79 Å². The normalized spacial score (nSPS) is 16.5. The van der Waals surface area contributed by atoms with Gasteiger partial charge in [0, 0.05) is 19.2 Å². The lowest BCUT2D eigenvalue weighted by Gasteiger charge is -2.33. The molecule has 86 valence electrons. The predicted molar refractivity (Wildman–Crippen MR) is 64.0 cm³/mol. The molecular formula is C10H13BrN4O. The van der Waals surface area contributed by atoms with E-state index in [1.807, 2.05) is 11.8 Å². The van der Waals surface area contributed by atoms with Crippen LogP contribution < -0.4 is 5.32 Å². The van der Waals surface area contributed by atoms with Gasteiger partial charge in [-0.2, -0.15) is 0 Å². The Hall–Kier alpha value is -1.17. The monoisotopic (exact) mass is 284 g/mol. The number of carbonyl (C=O) groups excluding carboxylic acids is 1. The molecule has 1 amide bonds. The minimum Gasteiger partial charge on any atom is -0.358 e. The highest BCUT2D eigenvalue weighted by atomic mass is 79.9. The van der Waals surface area contributed by atoms with Gasteiger partial charge >= 0.3 is 0 Å². The van der Waals surface area contributed by atoms with Crippen molar-refractivity contribution in [2.45, 2.75) is 19.4 Å². The molecule has 1 saturated heterocycles. The summed E-state index contributed by atoms with van der Waals surface area (Å²) in [5.74, 6) is 0.782. The minimum absolute atomic E-state index is 0.126. The third-order valence-corrected chi connectivity index (χ3v) is 2.97. The molecule has 1 aliphatic heterocycles. The summed E-state index contributed by atoms with van der Waals surface area (Å²) in [5, 5.41) is 3.06. The largest absolute Gasteiger partial charge is 0.358 e. The van der Waals surface area contributed by atoms with Crippen LogP contribution in [0.2, 0.25) is 0 Å². The summed E-state index contributed by atoms with van der Waals surface area (Å²) in [6, 6.07) is 1.50. The zero-order valence-corrected chi connectivity index (χ0v) is 10.6. The Morgan fingerprint density at radius 1 is 1.56 bits per heavy atom. The van der Waals surface area contributed by atoms with Gasteiger partial charge in [-0.1, -0.05) is 0 Å². The molecular weight excluding hydrogens is 272 g/mol. The van der Waals surface area contributed by atoms with E-state index in [2.05, 4.69) is 31.2 Å². The molecule has 2 rings (SSSR count). The van der Waals surface area contributed by atoms with Crippen LogP contribution >= 0.6 is 15.9 Å². The van der Waals surface area contributed by atoms with Gasteiger partial charge in [0.2, 0.25) is 5.91 Å². The third-order valence-electron chi connectivity index (χ3n) is 2.54. The van der Waals surface area contributed by atoms with Crippen LogP contribution in [0.4, 0.5) is 5.82 Å². The van der Waals surface area contributed by atoms with Crippen molar-refractivity contribution < 1.29 is 4.79 Å². The zero-order valence-electron chi connectivity index (χ0n) is 8.98. The number of hydrogen-bond donors (Lipinski definition) is 1. The topological polar surface area (TPSA) is 58.1 Å². The predicted octanol–water partition coefficient (Wildman–Crippen LogP) is 1.27. The average molecular weight is 285 g/mol. The van der Waals surface area contributed by atoms with E-state index in [-0.39, 0.29) is 11.9 Å². The fraction of sp³-hybridized carbons (Fsp3) is 0.500. The van der Waals surface area contributed by atoms with Crippen LogP contribution in [0.1, 0.15) is 13.3 Å². The quantitative estimate of drug-likeness (QED) is 0.850. The molecule has 2 heterocycles. The summed E-state index contributed by atoms with van der Waals surface area (Å²) in [4.78, 5) is 21.6. The molecule has 1 N–H and O–H groups in total. The van der Waals surface area contributed by atoms with Crippen molar-refractivity contribution >= 4 is 27.7 Å². The van der Waals surface area contributed by atoms with E-state index in [1.54, 1.807) is 6.07 Å². The Morgan fingerprint density at radius 2 is 2.31 bits per heavy atom. The molecule has 0 spiro atoms. The minimum atomic E-state index is -0.248. The second kappa shape index (κ2) is 4.78. The van der Waals surface area contributed by atoms with E-state index < -0.39 is 0 Å². The Balaban J connectivity index is 1.95. The van der Waals surface area contributed by atoms with E-state index in [0.717, 1.165) is 19.5 Å². The number of likely N-dealkylation sites (tertiary alicyclic amines) is 1. The average Bonchev–Trinajstić information content (AvgIpc) is 2.14. The molecule has 0 radical (unpaired) electrons. The van der Waals surface area contributed by atoms with Crippen LogP contribution in [0.5, 0.6) is 0 Å². The van der Waals surface area contributed by atoms with Gasteiger partial charge in [0.15, 0.2) is 0 Å². The van der Waals surface area contributed by atoms with Crippen molar-refractivity contribution in [3.8, 4) is 0 Å². The molecule has 1 fully saturated rings. The van der Waals surface area contributed by atoms with Gasteiger partial charge in [0.05, 0.1) is 0 Å². The fourth-order valence-electron chi connectivity index (χ4n) is 1.51. The molecule has 0 aromatic carbocycles. The maximum Gasteiger partial charge on any atom is 0.244 e. The molecule has 6 heteroatoms. The summed E-state index contributed by atoms with van der Waals surface area (Å²) in [5.41, 5.74) is 0. The van der Waals surface area contributed by atoms with Crippen molar-refractivity contribution in [1.82, 2.24) is 14.9 Å². The van der Waals surface area contributed by atoms with Gasteiger partial charge in [-0.05, 0) is 29.3 Å². The number of anilines is 1. The van der Waals surface area contributed by atoms with Gasteiger partial charge in [0.1, 0.15) is 22.8 Å². The first-order valence-electron chi connectivity index (χ1n) is 5.19. The van der Waals surface area contributed by atoms with Crippen LogP contribution in [0, 0.1) is 0 Å². The number of nitrogens with one attached hydrogen (secondary N) is 1. The molecule has 0 saturated carbocycles. The molecule has 1 aromatic heterocycles. The van der Waals surface area contributed by atoms with Crippen molar-refractivity contribution in [2.75, 3.05) is 18.4 Å². The highest BCUT2D eigenvalue weighted by Crippen LogP contribution is 2.13. The van der Waals surface area contributed by atoms with E-state index in [0.29, 0.717) is 10.4 Å². The first kappa shape index (κ1) is 11.3. The lowest BCUT2D eigenvalue weighted by molar-refractivity contribution is -0.135. The van der Waals surface area contributed by atoms with Gasteiger partial charge in [-0.15, -0.1) is 0 Å². The van der Waals surface area contributed by atoms with Gasteiger partial charge in [-0.25, -0.2) is 9.97 Å². The van der Waals surface area contributed by atoms with Crippen molar-refractivity contribution in [1.29, 1.82) is 0 Å². The molecule has 5 nitrogen and oxygen atoms in total. The summed E-state index contributed by atoms with van der Waals surface area (Å²) in [7, 11) is 0. The van der Waals surface area contributed by atoms with Crippen LogP contribution in [0.25, 0.3) is 0 Å². The van der Waals surface area contributed by atoms with E-state index >= 15 is 0 Å². The summed E-state index contributed by atoms with van der Waals surface area (Å²) in [6.07, 6.45) is 2.56. The Bertz CT molecular complexity index is 394. The van der Waals surface area contributed by atoms with Gasteiger partial charge < -0.3 is 10.2 Å². The van der Waals surface area contributed by atoms with Gasteiger partial charge in [0.25, 0.3) is 0 Å². The summed E-state index contributed by atoms with van der Waals surface area (Å²) in [6.45, 7) is 3.59. The van der Waals surface area contributed by atoms with Crippen molar-refractivity contribution in [3.05, 3.63) is 17.0 Å². The molecule has 1 atom stereocenters. The summed E-state index contributed by atoms with van der Waals surface area (Å²) < 4.78 is 0.702. The van der Waals surface area contributed by atoms with Crippen molar-refractivity contribution in [2.24, 2.45) is 0 Å². The number of rotatable bonds is 3. The van der Waals surface area contributed by atoms with Crippen LogP contribution in [-0.4, -0.2) is 39.9 Å². The number of aromatic nitrogens is 2. The van der Waals surface area contributed by atoms with Crippen LogP contribution in [0.3, 0.4) is 0 Å². The molecule has 0 unspecified atom stereocenters. The molecule has 1 aliphatic rings. The Morgan fingerprint density at radius 3 is 2.88 bits per heavy atom. The second-order valence-electron chi connectivity index (χ2n) is 3.77. The molecule has 0 aliphatic carbocycles. The first-order chi connectivity index (χ1) is 7.66. The van der Waals surface area contributed by atoms with Crippen LogP contribution in [0.15, 0.2) is 17.0 Å². The molecule has 1 aromatic rings. The highest BCUT2D eigenvalue weighted by molar-refractivity contribution is 9.10. The van der Waals surface area contributed by atoms with E-state index in [9.17, 15) is 4.79 Å².